The van der Waals surface area contributed by atoms with Gasteiger partial charge in [-0.2, -0.15) is 0 Å². The summed E-state index contributed by atoms with van der Waals surface area (Å²) in [7, 11) is 1.89. The fourth-order valence-electron chi connectivity index (χ4n) is 3.28. The van der Waals surface area contributed by atoms with Crippen LogP contribution < -0.4 is 10.9 Å². The molecule has 3 rings (SSSR count). The Labute approximate surface area is 159 Å². The third-order valence-corrected chi connectivity index (χ3v) is 6.60. The van der Waals surface area contributed by atoms with Gasteiger partial charge in [0.15, 0.2) is 0 Å². The van der Waals surface area contributed by atoms with E-state index >= 15 is 0 Å². The molecule has 1 aromatic heterocycles. The predicted molar refractivity (Wildman–Crippen MR) is 106 cm³/mol. The van der Waals surface area contributed by atoms with Crippen LogP contribution in [0.3, 0.4) is 0 Å². The van der Waals surface area contributed by atoms with Crippen LogP contribution >= 0.6 is 11.3 Å². The van der Waals surface area contributed by atoms with E-state index in [0.717, 1.165) is 22.0 Å². The van der Waals surface area contributed by atoms with Crippen LogP contribution in [0.15, 0.2) is 30.3 Å². The summed E-state index contributed by atoms with van der Waals surface area (Å²) in [5, 5.41) is 1.02. The second kappa shape index (κ2) is 7.86. The van der Waals surface area contributed by atoms with Crippen molar-refractivity contribution in [2.75, 3.05) is 7.05 Å². The molecule has 0 bridgehead atoms. The van der Waals surface area contributed by atoms with Gasteiger partial charge in [-0.15, -0.1) is 11.3 Å². The Morgan fingerprint density at radius 2 is 1.92 bits per heavy atom. The molecule has 1 fully saturated rings. The van der Waals surface area contributed by atoms with Crippen LogP contribution in [0.2, 0.25) is 0 Å². The highest BCUT2D eigenvalue weighted by Crippen LogP contribution is 2.28. The molecule has 2 aromatic rings. The summed E-state index contributed by atoms with van der Waals surface area (Å²) < 4.78 is 0. The molecule has 6 heteroatoms. The van der Waals surface area contributed by atoms with Crippen molar-refractivity contribution in [3.63, 3.8) is 0 Å². The first-order valence-corrected chi connectivity index (χ1v) is 10.0. The van der Waals surface area contributed by atoms with Crippen LogP contribution in [0.25, 0.3) is 0 Å². The smallest absolute Gasteiger partial charge is 0.265 e. The lowest BCUT2D eigenvalue weighted by Crippen LogP contribution is -2.48. The van der Waals surface area contributed by atoms with Gasteiger partial charge in [-0.05, 0) is 25.8 Å². The van der Waals surface area contributed by atoms with Crippen LogP contribution in [-0.4, -0.2) is 34.9 Å². The molecule has 0 radical (unpaired) electrons. The Kier molecular flexibility index (Phi) is 5.75. The highest BCUT2D eigenvalue weighted by atomic mass is 32.1. The molecule has 2 N–H and O–H groups in total. The molecule has 1 aliphatic heterocycles. The maximum Gasteiger partial charge on any atom is 0.265 e. The minimum absolute atomic E-state index is 0.0596. The van der Waals surface area contributed by atoms with Gasteiger partial charge in [-0.3, -0.25) is 10.2 Å². The number of aryl methyl sites for hydroxylation is 1. The molecular weight excluding hydrogens is 344 g/mol. The second-order valence-corrected chi connectivity index (χ2v) is 8.40. The molecule has 0 spiro atoms. The van der Waals surface area contributed by atoms with E-state index in [0.29, 0.717) is 5.92 Å². The number of thiazole rings is 1. The number of carbonyl (C=O) groups excluding carboxylic acids is 1. The summed E-state index contributed by atoms with van der Waals surface area (Å²) in [6.07, 6.45) is 0.946. The zero-order valence-electron chi connectivity index (χ0n) is 16.1. The Morgan fingerprint density at radius 3 is 2.54 bits per heavy atom. The SMILES string of the molecule is Cc1nc(C(C)C)sc1C(=O)N(C)C(C)C1CC(c2ccccc2)NN1. The van der Waals surface area contributed by atoms with E-state index in [1.165, 1.54) is 16.9 Å². The van der Waals surface area contributed by atoms with E-state index < -0.39 is 0 Å². The first-order valence-electron chi connectivity index (χ1n) is 9.19. The molecule has 3 atom stereocenters. The van der Waals surface area contributed by atoms with Crippen molar-refractivity contribution in [2.24, 2.45) is 0 Å². The number of aromatic nitrogens is 1. The van der Waals surface area contributed by atoms with Crippen LogP contribution in [0.1, 0.15) is 65.1 Å². The molecule has 26 heavy (non-hydrogen) atoms. The lowest BCUT2D eigenvalue weighted by atomic mass is 9.98. The van der Waals surface area contributed by atoms with Gasteiger partial charge in [0.1, 0.15) is 4.88 Å². The van der Waals surface area contributed by atoms with Crippen molar-refractivity contribution < 1.29 is 4.79 Å². The molecule has 0 saturated carbocycles. The van der Waals surface area contributed by atoms with E-state index in [1.54, 1.807) is 0 Å². The van der Waals surface area contributed by atoms with Crippen LogP contribution in [0.5, 0.6) is 0 Å². The lowest BCUT2D eigenvalue weighted by Gasteiger charge is -2.29. The Hall–Kier alpha value is -1.76. The number of benzene rings is 1. The van der Waals surface area contributed by atoms with Crippen molar-refractivity contribution in [1.82, 2.24) is 20.7 Å². The predicted octanol–water partition coefficient (Wildman–Crippen LogP) is 3.64. The van der Waals surface area contributed by atoms with E-state index in [4.69, 9.17) is 0 Å². The summed E-state index contributed by atoms with van der Waals surface area (Å²) in [4.78, 5) is 20.2. The van der Waals surface area contributed by atoms with Gasteiger partial charge in [0.05, 0.1) is 10.7 Å². The van der Waals surface area contributed by atoms with Crippen LogP contribution in [0.4, 0.5) is 0 Å². The highest BCUT2D eigenvalue weighted by Gasteiger charge is 2.33. The normalized spacial score (nSPS) is 21.2. The van der Waals surface area contributed by atoms with Crippen LogP contribution in [-0.2, 0) is 0 Å². The first kappa shape index (κ1) is 19.0. The number of carbonyl (C=O) groups is 1. The van der Waals surface area contributed by atoms with E-state index in [9.17, 15) is 4.79 Å². The van der Waals surface area contributed by atoms with E-state index in [1.807, 2.05) is 24.9 Å². The number of likely N-dealkylation sites (N-methyl/N-ethyl adjacent to an activating group) is 1. The molecule has 1 aromatic carbocycles. The third kappa shape index (κ3) is 3.82. The van der Waals surface area contributed by atoms with Gasteiger partial charge in [0, 0.05) is 31.1 Å². The standard InChI is InChI=1S/C20H28N4OS/c1-12(2)19-21-13(3)18(26-19)20(25)24(5)14(4)16-11-17(23-22-16)15-9-7-6-8-10-15/h6-10,12,14,16-17,22-23H,11H2,1-5H3. The third-order valence-electron chi connectivity index (χ3n) is 5.15. The number of amides is 1. The monoisotopic (exact) mass is 372 g/mol. The Bertz CT molecular complexity index is 758. The fraction of sp³-hybridized carbons (Fsp3) is 0.500. The minimum Gasteiger partial charge on any atom is -0.337 e. The molecule has 1 amide bonds. The van der Waals surface area contributed by atoms with Crippen molar-refractivity contribution in [3.8, 4) is 0 Å². The Balaban J connectivity index is 1.68. The second-order valence-electron chi connectivity index (χ2n) is 7.37. The van der Waals surface area contributed by atoms with Crippen molar-refractivity contribution in [3.05, 3.63) is 51.5 Å². The maximum absolute atomic E-state index is 13.0. The van der Waals surface area contributed by atoms with Gasteiger partial charge in [-0.25, -0.2) is 10.4 Å². The summed E-state index contributed by atoms with van der Waals surface area (Å²) in [6.45, 7) is 8.24. The molecular formula is C20H28N4OS. The van der Waals surface area contributed by atoms with Gasteiger partial charge in [-0.1, -0.05) is 44.2 Å². The molecule has 0 aliphatic carbocycles. The van der Waals surface area contributed by atoms with E-state index in [2.05, 4.69) is 60.9 Å². The average Bonchev–Trinajstić information content (AvgIpc) is 3.27. The Morgan fingerprint density at radius 1 is 1.23 bits per heavy atom. The molecule has 140 valence electrons. The zero-order chi connectivity index (χ0) is 18.8. The number of rotatable bonds is 5. The topological polar surface area (TPSA) is 57.3 Å². The summed E-state index contributed by atoms with van der Waals surface area (Å²) in [5.74, 6) is 0.402. The molecule has 1 aliphatic rings. The average molecular weight is 373 g/mol. The minimum atomic E-state index is 0.0596. The highest BCUT2D eigenvalue weighted by molar-refractivity contribution is 7.13. The van der Waals surface area contributed by atoms with Gasteiger partial charge >= 0.3 is 0 Å². The summed E-state index contributed by atoms with van der Waals surface area (Å²) in [6, 6.07) is 11.0. The maximum atomic E-state index is 13.0. The first-order chi connectivity index (χ1) is 12.4. The van der Waals surface area contributed by atoms with Crippen molar-refractivity contribution in [1.29, 1.82) is 0 Å². The fourth-order valence-corrected chi connectivity index (χ4v) is 4.33. The van der Waals surface area contributed by atoms with E-state index in [-0.39, 0.29) is 24.0 Å². The number of hydrazine groups is 1. The van der Waals surface area contributed by atoms with Gasteiger partial charge in [0.25, 0.3) is 5.91 Å². The molecule has 3 unspecified atom stereocenters. The number of hydrogen-bond donors (Lipinski definition) is 2. The zero-order valence-corrected chi connectivity index (χ0v) is 16.9. The summed E-state index contributed by atoms with van der Waals surface area (Å²) in [5.41, 5.74) is 8.85. The van der Waals surface area contributed by atoms with Crippen molar-refractivity contribution in [2.45, 2.75) is 58.2 Å². The van der Waals surface area contributed by atoms with Crippen molar-refractivity contribution >= 4 is 17.2 Å². The van der Waals surface area contributed by atoms with Crippen LogP contribution in [0, 0.1) is 6.92 Å². The number of nitrogens with zero attached hydrogens (tertiary/aromatic N) is 2. The molecule has 1 saturated heterocycles. The summed E-state index contributed by atoms with van der Waals surface area (Å²) >= 11 is 1.52. The lowest BCUT2D eigenvalue weighted by molar-refractivity contribution is 0.0719. The number of nitrogens with one attached hydrogen (secondary N) is 2. The van der Waals surface area contributed by atoms with Gasteiger partial charge < -0.3 is 4.90 Å². The largest absolute Gasteiger partial charge is 0.337 e. The molecule has 5 nitrogen and oxygen atoms in total. The quantitative estimate of drug-likeness (QED) is 0.841. The molecule has 2 heterocycles. The van der Waals surface area contributed by atoms with Gasteiger partial charge in [0.2, 0.25) is 0 Å². The number of hydrogen-bond acceptors (Lipinski definition) is 5.